The van der Waals surface area contributed by atoms with Gasteiger partial charge in [-0.25, -0.2) is 0 Å². The Morgan fingerprint density at radius 3 is 2.83 bits per heavy atom. The third-order valence-electron chi connectivity index (χ3n) is 5.38. The Bertz CT molecular complexity index is 973. The molecule has 0 spiro atoms. The van der Waals surface area contributed by atoms with E-state index in [4.69, 9.17) is 9.26 Å². The van der Waals surface area contributed by atoms with E-state index in [0.717, 1.165) is 36.3 Å². The number of aromatic nitrogens is 2. The fourth-order valence-corrected chi connectivity index (χ4v) is 3.80. The van der Waals surface area contributed by atoms with Crippen LogP contribution in [0, 0.1) is 5.92 Å². The van der Waals surface area contributed by atoms with Crippen LogP contribution in [0.1, 0.15) is 24.3 Å². The Morgan fingerprint density at radius 1 is 1.20 bits per heavy atom. The highest BCUT2D eigenvalue weighted by atomic mass is 16.5. The van der Waals surface area contributed by atoms with Crippen LogP contribution >= 0.6 is 0 Å². The predicted molar refractivity (Wildman–Crippen MR) is 113 cm³/mol. The van der Waals surface area contributed by atoms with Gasteiger partial charge in [0.1, 0.15) is 5.75 Å². The van der Waals surface area contributed by atoms with E-state index in [-0.39, 0.29) is 11.8 Å². The van der Waals surface area contributed by atoms with Gasteiger partial charge in [0.05, 0.1) is 19.6 Å². The van der Waals surface area contributed by atoms with E-state index < -0.39 is 0 Å². The largest absolute Gasteiger partial charge is 0.496 e. The number of benzene rings is 2. The first-order valence-corrected chi connectivity index (χ1v) is 10.2. The molecule has 1 aromatic heterocycles. The maximum atomic E-state index is 12.7. The quantitative estimate of drug-likeness (QED) is 0.649. The van der Waals surface area contributed by atoms with E-state index in [1.54, 1.807) is 7.11 Å². The number of methoxy groups -OCH3 is 1. The standard InChI is InChI=1S/C23H26N4O3/c1-29-20-12-6-5-10-18(20)14-24-23(28)19-11-7-13-27(15-19)16-21-25-22(26-30-21)17-8-3-2-4-9-17/h2-6,8-10,12,19H,7,11,13-16H2,1H3,(H,24,28). The van der Waals surface area contributed by atoms with Gasteiger partial charge in [-0.15, -0.1) is 0 Å². The number of carbonyl (C=O) groups excluding carboxylic acids is 1. The lowest BCUT2D eigenvalue weighted by molar-refractivity contribution is -0.127. The highest BCUT2D eigenvalue weighted by Crippen LogP contribution is 2.21. The van der Waals surface area contributed by atoms with Crippen LogP contribution in [0.25, 0.3) is 11.4 Å². The Balaban J connectivity index is 1.32. The number of nitrogens with zero attached hydrogens (tertiary/aromatic N) is 3. The number of para-hydroxylation sites is 1. The van der Waals surface area contributed by atoms with Crippen molar-refractivity contribution in [2.24, 2.45) is 5.92 Å². The summed E-state index contributed by atoms with van der Waals surface area (Å²) >= 11 is 0. The summed E-state index contributed by atoms with van der Waals surface area (Å²) in [5.74, 6) is 1.97. The topological polar surface area (TPSA) is 80.5 Å². The second kappa shape index (κ2) is 9.54. The van der Waals surface area contributed by atoms with Gasteiger partial charge in [0.25, 0.3) is 0 Å². The molecule has 1 atom stereocenters. The highest BCUT2D eigenvalue weighted by molar-refractivity contribution is 5.79. The minimum absolute atomic E-state index is 0.0510. The lowest BCUT2D eigenvalue weighted by Crippen LogP contribution is -2.42. The summed E-state index contributed by atoms with van der Waals surface area (Å²) in [6, 6.07) is 17.5. The molecule has 0 saturated carbocycles. The molecule has 30 heavy (non-hydrogen) atoms. The molecule has 1 unspecified atom stereocenters. The second-order valence-corrected chi connectivity index (χ2v) is 7.48. The van der Waals surface area contributed by atoms with E-state index in [1.807, 2.05) is 54.6 Å². The lowest BCUT2D eigenvalue weighted by atomic mass is 9.97. The van der Waals surface area contributed by atoms with E-state index in [0.29, 0.717) is 31.3 Å². The van der Waals surface area contributed by atoms with Crippen molar-refractivity contribution in [2.45, 2.75) is 25.9 Å². The molecule has 7 heteroatoms. The van der Waals surface area contributed by atoms with Crippen LogP contribution in [0.4, 0.5) is 0 Å². The summed E-state index contributed by atoms with van der Waals surface area (Å²) in [5.41, 5.74) is 1.90. The van der Waals surface area contributed by atoms with E-state index in [9.17, 15) is 4.79 Å². The van der Waals surface area contributed by atoms with Crippen molar-refractivity contribution in [1.29, 1.82) is 0 Å². The molecule has 1 fully saturated rings. The molecule has 2 aromatic carbocycles. The molecular formula is C23H26N4O3. The van der Waals surface area contributed by atoms with Crippen molar-refractivity contribution in [1.82, 2.24) is 20.4 Å². The molecule has 1 aliphatic heterocycles. The van der Waals surface area contributed by atoms with Gasteiger partial charge in [-0.05, 0) is 25.5 Å². The number of ether oxygens (including phenoxy) is 1. The highest BCUT2D eigenvalue weighted by Gasteiger charge is 2.27. The van der Waals surface area contributed by atoms with Gasteiger partial charge in [-0.3, -0.25) is 9.69 Å². The third-order valence-corrected chi connectivity index (χ3v) is 5.38. The minimum atomic E-state index is -0.0510. The number of hydrogen-bond donors (Lipinski definition) is 1. The molecule has 156 valence electrons. The minimum Gasteiger partial charge on any atom is -0.496 e. The number of likely N-dealkylation sites (tertiary alicyclic amines) is 1. The maximum Gasteiger partial charge on any atom is 0.241 e. The van der Waals surface area contributed by atoms with E-state index in [1.165, 1.54) is 0 Å². The average Bonchev–Trinajstić information content (AvgIpc) is 3.27. The van der Waals surface area contributed by atoms with Crippen LogP contribution in [-0.4, -0.2) is 41.1 Å². The summed E-state index contributed by atoms with van der Waals surface area (Å²) in [4.78, 5) is 19.4. The fraction of sp³-hybridized carbons (Fsp3) is 0.348. The Morgan fingerprint density at radius 2 is 2.00 bits per heavy atom. The second-order valence-electron chi connectivity index (χ2n) is 7.48. The molecule has 1 amide bonds. The van der Waals surface area contributed by atoms with Crippen molar-refractivity contribution >= 4 is 5.91 Å². The first kappa shape index (κ1) is 20.1. The SMILES string of the molecule is COc1ccccc1CNC(=O)C1CCCN(Cc2nc(-c3ccccc3)no2)C1. The molecule has 7 nitrogen and oxygen atoms in total. The number of rotatable bonds is 7. The molecule has 0 aliphatic carbocycles. The summed E-state index contributed by atoms with van der Waals surface area (Å²) in [5, 5.41) is 7.14. The van der Waals surface area contributed by atoms with Gasteiger partial charge >= 0.3 is 0 Å². The van der Waals surface area contributed by atoms with Crippen LogP contribution in [0.2, 0.25) is 0 Å². The first-order valence-electron chi connectivity index (χ1n) is 10.2. The zero-order chi connectivity index (χ0) is 20.8. The average molecular weight is 406 g/mol. The van der Waals surface area contributed by atoms with Gasteiger partial charge in [0.15, 0.2) is 0 Å². The molecule has 3 aromatic rings. The van der Waals surface area contributed by atoms with Gasteiger partial charge in [0, 0.05) is 24.2 Å². The van der Waals surface area contributed by atoms with Crippen LogP contribution < -0.4 is 10.1 Å². The van der Waals surface area contributed by atoms with Gasteiger partial charge in [0.2, 0.25) is 17.6 Å². The van der Waals surface area contributed by atoms with Crippen molar-refractivity contribution in [2.75, 3.05) is 20.2 Å². The Labute approximate surface area is 176 Å². The number of amides is 1. The number of carbonyl (C=O) groups is 1. The zero-order valence-electron chi connectivity index (χ0n) is 17.1. The van der Waals surface area contributed by atoms with Crippen molar-refractivity contribution < 1.29 is 14.1 Å². The maximum absolute atomic E-state index is 12.7. The van der Waals surface area contributed by atoms with E-state index in [2.05, 4.69) is 20.4 Å². The fourth-order valence-electron chi connectivity index (χ4n) is 3.80. The molecule has 0 radical (unpaired) electrons. The molecule has 1 aliphatic rings. The molecule has 1 saturated heterocycles. The molecule has 1 N–H and O–H groups in total. The Hall–Kier alpha value is -3.19. The van der Waals surface area contributed by atoms with E-state index >= 15 is 0 Å². The predicted octanol–water partition coefficient (Wildman–Crippen LogP) is 3.27. The summed E-state index contributed by atoms with van der Waals surface area (Å²) in [7, 11) is 1.64. The summed E-state index contributed by atoms with van der Waals surface area (Å²) in [6.45, 7) is 2.61. The molecule has 2 heterocycles. The molecule has 0 bridgehead atoms. The summed E-state index contributed by atoms with van der Waals surface area (Å²) in [6.07, 6.45) is 1.85. The summed E-state index contributed by atoms with van der Waals surface area (Å²) < 4.78 is 10.8. The Kier molecular flexibility index (Phi) is 6.39. The van der Waals surface area contributed by atoms with Crippen LogP contribution in [0.5, 0.6) is 5.75 Å². The number of piperidine rings is 1. The number of nitrogens with one attached hydrogen (secondary N) is 1. The van der Waals surface area contributed by atoms with Gasteiger partial charge < -0.3 is 14.6 Å². The smallest absolute Gasteiger partial charge is 0.241 e. The molecular weight excluding hydrogens is 380 g/mol. The normalized spacial score (nSPS) is 16.9. The lowest BCUT2D eigenvalue weighted by Gasteiger charge is -2.30. The third kappa shape index (κ3) is 4.86. The monoisotopic (exact) mass is 406 g/mol. The first-order chi connectivity index (χ1) is 14.7. The van der Waals surface area contributed by atoms with Crippen LogP contribution in [0.15, 0.2) is 59.1 Å². The van der Waals surface area contributed by atoms with Crippen molar-refractivity contribution in [3.8, 4) is 17.1 Å². The number of hydrogen-bond acceptors (Lipinski definition) is 6. The van der Waals surface area contributed by atoms with Crippen molar-refractivity contribution in [3.05, 3.63) is 66.1 Å². The van der Waals surface area contributed by atoms with Gasteiger partial charge in [-0.1, -0.05) is 53.7 Å². The van der Waals surface area contributed by atoms with Crippen LogP contribution in [-0.2, 0) is 17.9 Å². The van der Waals surface area contributed by atoms with Crippen LogP contribution in [0.3, 0.4) is 0 Å². The molecule has 4 rings (SSSR count). The zero-order valence-corrected chi connectivity index (χ0v) is 17.1. The van der Waals surface area contributed by atoms with Gasteiger partial charge in [-0.2, -0.15) is 4.98 Å². The van der Waals surface area contributed by atoms with Crippen molar-refractivity contribution in [3.63, 3.8) is 0 Å².